The summed E-state index contributed by atoms with van der Waals surface area (Å²) < 4.78 is 16.3. The summed E-state index contributed by atoms with van der Waals surface area (Å²) in [6.45, 7) is 0.413. The number of methoxy groups -OCH3 is 2. The molecular formula is C16H20N2O3. The maximum absolute atomic E-state index is 5.73. The highest BCUT2D eigenvalue weighted by molar-refractivity contribution is 5.43. The van der Waals surface area contributed by atoms with Gasteiger partial charge in [-0.05, 0) is 29.8 Å². The number of hydrogen-bond acceptors (Lipinski definition) is 5. The van der Waals surface area contributed by atoms with Crippen molar-refractivity contribution in [2.24, 2.45) is 5.84 Å². The Hall–Kier alpha value is -2.24. The van der Waals surface area contributed by atoms with Gasteiger partial charge in [-0.3, -0.25) is 5.84 Å². The normalized spacial score (nSPS) is 11.8. The molecule has 2 aromatic rings. The molecule has 1 atom stereocenters. The molecule has 0 aliphatic rings. The molecule has 5 heteroatoms. The number of rotatable bonds is 7. The molecule has 2 aromatic carbocycles. The minimum Gasteiger partial charge on any atom is -0.493 e. The third kappa shape index (κ3) is 3.87. The Morgan fingerprint density at radius 2 is 1.71 bits per heavy atom. The van der Waals surface area contributed by atoms with E-state index in [1.165, 1.54) is 0 Å². The predicted octanol–water partition coefficient (Wildman–Crippen LogP) is 2.29. The third-order valence-corrected chi connectivity index (χ3v) is 3.17. The Bertz CT molecular complexity index is 561. The average molecular weight is 288 g/mol. The highest BCUT2D eigenvalue weighted by atomic mass is 16.5. The van der Waals surface area contributed by atoms with Crippen molar-refractivity contribution in [3.8, 4) is 17.2 Å². The van der Waals surface area contributed by atoms with E-state index in [9.17, 15) is 0 Å². The molecule has 3 N–H and O–H groups in total. The van der Waals surface area contributed by atoms with Gasteiger partial charge >= 0.3 is 0 Å². The topological polar surface area (TPSA) is 65.7 Å². The van der Waals surface area contributed by atoms with Crippen molar-refractivity contribution in [3.63, 3.8) is 0 Å². The van der Waals surface area contributed by atoms with Crippen molar-refractivity contribution in [1.29, 1.82) is 0 Å². The average Bonchev–Trinajstić information content (AvgIpc) is 2.56. The van der Waals surface area contributed by atoms with Gasteiger partial charge in [0, 0.05) is 0 Å². The molecule has 0 saturated carbocycles. The molecule has 0 aromatic heterocycles. The van der Waals surface area contributed by atoms with Crippen LogP contribution in [0.5, 0.6) is 17.2 Å². The second kappa shape index (κ2) is 7.52. The van der Waals surface area contributed by atoms with Crippen molar-refractivity contribution < 1.29 is 14.2 Å². The van der Waals surface area contributed by atoms with E-state index in [0.717, 1.165) is 11.3 Å². The lowest BCUT2D eigenvalue weighted by atomic mass is 10.1. The van der Waals surface area contributed by atoms with Gasteiger partial charge in [-0.1, -0.05) is 24.3 Å². The van der Waals surface area contributed by atoms with E-state index in [1.807, 2.05) is 48.5 Å². The van der Waals surface area contributed by atoms with Crippen LogP contribution in [0.4, 0.5) is 0 Å². The molecule has 0 radical (unpaired) electrons. The molecule has 0 amide bonds. The van der Waals surface area contributed by atoms with Crippen molar-refractivity contribution >= 4 is 0 Å². The van der Waals surface area contributed by atoms with Crippen LogP contribution in [-0.2, 0) is 0 Å². The summed E-state index contributed by atoms with van der Waals surface area (Å²) in [4.78, 5) is 0. The number of benzene rings is 2. The van der Waals surface area contributed by atoms with Crippen molar-refractivity contribution in [2.45, 2.75) is 6.04 Å². The molecule has 1 unspecified atom stereocenters. The molecule has 112 valence electrons. The van der Waals surface area contributed by atoms with Gasteiger partial charge in [-0.25, -0.2) is 5.43 Å². The molecule has 0 bridgehead atoms. The second-order valence-corrected chi connectivity index (χ2v) is 4.46. The summed E-state index contributed by atoms with van der Waals surface area (Å²) >= 11 is 0. The van der Waals surface area contributed by atoms with E-state index in [2.05, 4.69) is 5.43 Å². The Balaban J connectivity index is 2.10. The Kier molecular flexibility index (Phi) is 5.43. The van der Waals surface area contributed by atoms with E-state index in [0.29, 0.717) is 18.1 Å². The first-order chi connectivity index (χ1) is 10.3. The highest BCUT2D eigenvalue weighted by Gasteiger charge is 2.14. The van der Waals surface area contributed by atoms with Crippen LogP contribution in [0, 0.1) is 0 Å². The van der Waals surface area contributed by atoms with Crippen LogP contribution in [0.1, 0.15) is 11.6 Å². The highest BCUT2D eigenvalue weighted by Crippen LogP contribution is 2.30. The third-order valence-electron chi connectivity index (χ3n) is 3.17. The minimum atomic E-state index is -0.148. The lowest BCUT2D eigenvalue weighted by Crippen LogP contribution is -2.32. The smallest absolute Gasteiger partial charge is 0.161 e. The van der Waals surface area contributed by atoms with Crippen LogP contribution < -0.4 is 25.5 Å². The van der Waals surface area contributed by atoms with Gasteiger partial charge in [-0.15, -0.1) is 0 Å². The Morgan fingerprint density at radius 1 is 1.00 bits per heavy atom. The van der Waals surface area contributed by atoms with Gasteiger partial charge in [0.2, 0.25) is 0 Å². The van der Waals surface area contributed by atoms with Crippen LogP contribution in [0.2, 0.25) is 0 Å². The lowest BCUT2D eigenvalue weighted by Gasteiger charge is -2.18. The first-order valence-corrected chi connectivity index (χ1v) is 6.64. The predicted molar refractivity (Wildman–Crippen MR) is 81.5 cm³/mol. The summed E-state index contributed by atoms with van der Waals surface area (Å²) in [5.74, 6) is 7.78. The van der Waals surface area contributed by atoms with E-state index >= 15 is 0 Å². The molecule has 0 spiro atoms. The van der Waals surface area contributed by atoms with E-state index in [4.69, 9.17) is 20.1 Å². The molecular weight excluding hydrogens is 268 g/mol. The number of ether oxygens (including phenoxy) is 3. The summed E-state index contributed by atoms with van der Waals surface area (Å²) in [7, 11) is 3.21. The monoisotopic (exact) mass is 288 g/mol. The van der Waals surface area contributed by atoms with Crippen LogP contribution in [-0.4, -0.2) is 20.8 Å². The van der Waals surface area contributed by atoms with Gasteiger partial charge in [0.1, 0.15) is 12.4 Å². The first-order valence-electron chi connectivity index (χ1n) is 6.64. The van der Waals surface area contributed by atoms with E-state index in [-0.39, 0.29) is 6.04 Å². The lowest BCUT2D eigenvalue weighted by molar-refractivity contribution is 0.267. The number of hydrazine groups is 1. The van der Waals surface area contributed by atoms with Gasteiger partial charge < -0.3 is 14.2 Å². The maximum Gasteiger partial charge on any atom is 0.161 e. The fraction of sp³-hybridized carbons (Fsp3) is 0.250. The summed E-state index contributed by atoms with van der Waals surface area (Å²) in [5.41, 5.74) is 3.72. The van der Waals surface area contributed by atoms with E-state index in [1.54, 1.807) is 14.2 Å². The molecule has 0 aliphatic carbocycles. The zero-order chi connectivity index (χ0) is 15.1. The van der Waals surface area contributed by atoms with Crippen LogP contribution in [0.15, 0.2) is 48.5 Å². The van der Waals surface area contributed by atoms with Crippen molar-refractivity contribution in [2.75, 3.05) is 20.8 Å². The Labute approximate surface area is 124 Å². The first kappa shape index (κ1) is 15.2. The van der Waals surface area contributed by atoms with Gasteiger partial charge in [0.25, 0.3) is 0 Å². The standard InChI is InChI=1S/C16H20N2O3/c1-19-15-9-8-12(10-16(15)20-2)14(18-17)11-21-13-6-4-3-5-7-13/h3-10,14,18H,11,17H2,1-2H3. The van der Waals surface area contributed by atoms with Crippen molar-refractivity contribution in [3.05, 3.63) is 54.1 Å². The fourth-order valence-electron chi connectivity index (χ4n) is 2.01. The largest absolute Gasteiger partial charge is 0.493 e. The van der Waals surface area contributed by atoms with E-state index < -0.39 is 0 Å². The summed E-state index contributed by atoms with van der Waals surface area (Å²) in [6.07, 6.45) is 0. The van der Waals surface area contributed by atoms with Gasteiger partial charge in [0.05, 0.1) is 20.3 Å². The number of nitrogens with two attached hydrogens (primary N) is 1. The SMILES string of the molecule is COc1ccc(C(COc2ccccc2)NN)cc1OC. The minimum absolute atomic E-state index is 0.148. The molecule has 0 aliphatic heterocycles. The zero-order valence-corrected chi connectivity index (χ0v) is 12.2. The number of hydrogen-bond donors (Lipinski definition) is 2. The van der Waals surface area contributed by atoms with Crippen molar-refractivity contribution in [1.82, 2.24) is 5.43 Å². The molecule has 0 saturated heterocycles. The quantitative estimate of drug-likeness (QED) is 0.604. The van der Waals surface area contributed by atoms with Gasteiger partial charge in [0.15, 0.2) is 11.5 Å². The Morgan fingerprint density at radius 3 is 2.33 bits per heavy atom. The summed E-state index contributed by atoms with van der Waals surface area (Å²) in [6, 6.07) is 15.1. The molecule has 5 nitrogen and oxygen atoms in total. The van der Waals surface area contributed by atoms with Crippen LogP contribution in [0.25, 0.3) is 0 Å². The second-order valence-electron chi connectivity index (χ2n) is 4.46. The van der Waals surface area contributed by atoms with Crippen LogP contribution >= 0.6 is 0 Å². The molecule has 21 heavy (non-hydrogen) atoms. The summed E-state index contributed by atoms with van der Waals surface area (Å²) in [5, 5.41) is 0. The molecule has 0 fully saturated rings. The zero-order valence-electron chi connectivity index (χ0n) is 12.2. The molecule has 0 heterocycles. The number of para-hydroxylation sites is 1. The van der Waals surface area contributed by atoms with Gasteiger partial charge in [-0.2, -0.15) is 0 Å². The maximum atomic E-state index is 5.73. The van der Waals surface area contributed by atoms with Crippen LogP contribution in [0.3, 0.4) is 0 Å². The molecule has 2 rings (SSSR count). The fourth-order valence-corrected chi connectivity index (χ4v) is 2.01. The number of nitrogens with one attached hydrogen (secondary N) is 1.